The summed E-state index contributed by atoms with van der Waals surface area (Å²) in [6.45, 7) is 3.73. The smallest absolute Gasteiger partial charge is 0.338 e. The number of thioether (sulfide) groups is 1. The third-order valence-corrected chi connectivity index (χ3v) is 6.23. The van der Waals surface area contributed by atoms with Gasteiger partial charge in [0.15, 0.2) is 5.17 Å². The zero-order chi connectivity index (χ0) is 19.0. The van der Waals surface area contributed by atoms with Gasteiger partial charge in [-0.1, -0.05) is 34.6 Å². The third-order valence-electron chi connectivity index (χ3n) is 4.41. The van der Waals surface area contributed by atoms with Crippen LogP contribution in [0.2, 0.25) is 0 Å². The van der Waals surface area contributed by atoms with E-state index in [-0.39, 0.29) is 11.2 Å². The van der Waals surface area contributed by atoms with Crippen molar-refractivity contribution >= 4 is 44.7 Å². The lowest BCUT2D eigenvalue weighted by molar-refractivity contribution is -0.137. The molecule has 1 fully saturated rings. The van der Waals surface area contributed by atoms with Gasteiger partial charge in [0.2, 0.25) is 5.91 Å². The topological polar surface area (TPSA) is 68.2 Å². The van der Waals surface area contributed by atoms with E-state index in [1.807, 2.05) is 19.1 Å². The highest BCUT2D eigenvalue weighted by molar-refractivity contribution is 9.10. The summed E-state index contributed by atoms with van der Waals surface area (Å²) in [7, 11) is 2.89. The summed E-state index contributed by atoms with van der Waals surface area (Å²) in [5, 5.41) is 0.401. The molecule has 0 aliphatic carbocycles. The van der Waals surface area contributed by atoms with E-state index in [0.717, 1.165) is 4.47 Å². The number of nitrogens with zero attached hydrogens (tertiary/aromatic N) is 2. The van der Waals surface area contributed by atoms with Gasteiger partial charge in [-0.3, -0.25) is 9.69 Å². The van der Waals surface area contributed by atoms with Crippen molar-refractivity contribution in [1.82, 2.24) is 4.90 Å². The number of allylic oxidation sites excluding steroid dienone is 1. The van der Waals surface area contributed by atoms with Crippen LogP contribution in [-0.2, 0) is 14.3 Å². The molecule has 2 aliphatic heterocycles. The van der Waals surface area contributed by atoms with Crippen molar-refractivity contribution in [2.75, 3.05) is 14.2 Å². The minimum atomic E-state index is -0.640. The first-order valence-corrected chi connectivity index (χ1v) is 9.81. The number of carbonyl (C=O) groups excluding carboxylic acids is 2. The van der Waals surface area contributed by atoms with Crippen LogP contribution in [-0.4, -0.2) is 41.4 Å². The Morgan fingerprint density at radius 1 is 1.38 bits per heavy atom. The molecule has 1 aromatic carbocycles. The summed E-state index contributed by atoms with van der Waals surface area (Å²) in [5.74, 6) is 0.0265. The van der Waals surface area contributed by atoms with E-state index in [0.29, 0.717) is 34.2 Å². The normalized spacial score (nSPS) is 22.3. The van der Waals surface area contributed by atoms with Crippen LogP contribution in [0.5, 0.6) is 5.75 Å². The van der Waals surface area contributed by atoms with Crippen LogP contribution in [0.15, 0.2) is 38.9 Å². The van der Waals surface area contributed by atoms with Crippen LogP contribution in [0.25, 0.3) is 0 Å². The van der Waals surface area contributed by atoms with Gasteiger partial charge in [-0.05, 0) is 31.5 Å². The first-order valence-electron chi connectivity index (χ1n) is 8.13. The number of hydrogen-bond acceptors (Lipinski definition) is 6. The Morgan fingerprint density at radius 2 is 2.12 bits per heavy atom. The summed E-state index contributed by atoms with van der Waals surface area (Å²) < 4.78 is 11.3. The second-order valence-electron chi connectivity index (χ2n) is 5.90. The van der Waals surface area contributed by atoms with Gasteiger partial charge in [0, 0.05) is 10.0 Å². The lowest BCUT2D eigenvalue weighted by atomic mass is 9.93. The minimum absolute atomic E-state index is 0.0582. The second kappa shape index (κ2) is 7.44. The second-order valence-corrected chi connectivity index (χ2v) is 7.98. The highest BCUT2D eigenvalue weighted by Crippen LogP contribution is 2.46. The van der Waals surface area contributed by atoms with Gasteiger partial charge in [0.1, 0.15) is 11.8 Å². The van der Waals surface area contributed by atoms with Crippen molar-refractivity contribution in [2.45, 2.75) is 31.6 Å². The van der Waals surface area contributed by atoms with Crippen molar-refractivity contribution in [3.05, 3.63) is 39.5 Å². The van der Waals surface area contributed by atoms with Crippen LogP contribution in [0, 0.1) is 0 Å². The number of amidine groups is 1. The molecule has 0 radical (unpaired) electrons. The average Bonchev–Trinajstić information content (AvgIpc) is 2.95. The molecule has 6 nitrogen and oxygen atoms in total. The Labute approximate surface area is 164 Å². The van der Waals surface area contributed by atoms with Gasteiger partial charge in [-0.15, -0.1) is 0 Å². The molecule has 138 valence electrons. The monoisotopic (exact) mass is 438 g/mol. The van der Waals surface area contributed by atoms with E-state index in [2.05, 4.69) is 20.9 Å². The highest BCUT2D eigenvalue weighted by Gasteiger charge is 2.47. The Bertz CT molecular complexity index is 836. The first kappa shape index (κ1) is 19.0. The number of esters is 1. The van der Waals surface area contributed by atoms with Crippen LogP contribution < -0.4 is 4.74 Å². The fourth-order valence-corrected chi connectivity index (χ4v) is 4.69. The van der Waals surface area contributed by atoms with E-state index in [1.54, 1.807) is 25.0 Å². The number of carbonyl (C=O) groups is 2. The molecule has 0 bridgehead atoms. The zero-order valence-corrected chi connectivity index (χ0v) is 17.3. The maximum absolute atomic E-state index is 13.0. The van der Waals surface area contributed by atoms with Crippen molar-refractivity contribution in [1.29, 1.82) is 0 Å². The Kier molecular flexibility index (Phi) is 5.43. The molecule has 0 N–H and O–H groups in total. The standard InChI is InChI=1S/C18H19BrN2O4S/c1-5-13-16(22)21-15(11-8-10(19)6-7-12(11)24-3)14(17(23)25-4)9(2)20-18(21)26-13/h6-8,13,15H,5H2,1-4H3/t13-,15+/m1/s1. The Morgan fingerprint density at radius 3 is 2.73 bits per heavy atom. The van der Waals surface area contributed by atoms with E-state index in [9.17, 15) is 9.59 Å². The largest absolute Gasteiger partial charge is 0.496 e. The maximum Gasteiger partial charge on any atom is 0.338 e. The molecule has 2 heterocycles. The predicted octanol–water partition coefficient (Wildman–Crippen LogP) is 3.67. The summed E-state index contributed by atoms with van der Waals surface area (Å²) in [4.78, 5) is 31.7. The lowest BCUT2D eigenvalue weighted by Crippen LogP contribution is -2.40. The number of fused-ring (bicyclic) bond motifs is 1. The summed E-state index contributed by atoms with van der Waals surface area (Å²) in [5.41, 5.74) is 1.60. The fourth-order valence-electron chi connectivity index (χ4n) is 3.17. The molecule has 0 spiro atoms. The van der Waals surface area contributed by atoms with E-state index in [1.165, 1.54) is 18.9 Å². The number of amides is 1. The molecule has 2 atom stereocenters. The van der Waals surface area contributed by atoms with Crippen LogP contribution in [0.4, 0.5) is 0 Å². The van der Waals surface area contributed by atoms with Gasteiger partial charge in [-0.25, -0.2) is 9.79 Å². The van der Waals surface area contributed by atoms with Crippen molar-refractivity contribution in [3.8, 4) is 5.75 Å². The molecule has 26 heavy (non-hydrogen) atoms. The van der Waals surface area contributed by atoms with Crippen LogP contribution >= 0.6 is 27.7 Å². The van der Waals surface area contributed by atoms with Crippen LogP contribution in [0.1, 0.15) is 31.9 Å². The highest BCUT2D eigenvalue weighted by atomic mass is 79.9. The van der Waals surface area contributed by atoms with Crippen molar-refractivity contribution in [3.63, 3.8) is 0 Å². The summed E-state index contributed by atoms with van der Waals surface area (Å²) >= 11 is 4.90. The molecule has 0 aromatic heterocycles. The van der Waals surface area contributed by atoms with E-state index >= 15 is 0 Å². The first-order chi connectivity index (χ1) is 12.4. The quantitative estimate of drug-likeness (QED) is 0.670. The molecule has 1 aromatic rings. The zero-order valence-electron chi connectivity index (χ0n) is 14.9. The average molecular weight is 439 g/mol. The molecular formula is C18H19BrN2O4S. The number of methoxy groups -OCH3 is 2. The molecular weight excluding hydrogens is 420 g/mol. The number of halogens is 1. The lowest BCUT2D eigenvalue weighted by Gasteiger charge is -2.33. The van der Waals surface area contributed by atoms with E-state index < -0.39 is 12.0 Å². The number of hydrogen-bond donors (Lipinski definition) is 0. The van der Waals surface area contributed by atoms with Gasteiger partial charge in [0.25, 0.3) is 0 Å². The molecule has 1 amide bonds. The number of ether oxygens (including phenoxy) is 2. The number of benzene rings is 1. The fraction of sp³-hybridized carbons (Fsp3) is 0.389. The molecule has 0 saturated carbocycles. The van der Waals surface area contributed by atoms with E-state index in [4.69, 9.17) is 9.47 Å². The van der Waals surface area contributed by atoms with Crippen molar-refractivity contribution in [2.24, 2.45) is 4.99 Å². The molecule has 8 heteroatoms. The molecule has 2 aliphatic rings. The molecule has 3 rings (SSSR count). The predicted molar refractivity (Wildman–Crippen MR) is 104 cm³/mol. The third kappa shape index (κ3) is 3.05. The summed E-state index contributed by atoms with van der Waals surface area (Å²) in [6.07, 6.45) is 0.688. The number of aliphatic imine (C=N–C) groups is 1. The number of rotatable bonds is 4. The van der Waals surface area contributed by atoms with Gasteiger partial charge in [-0.2, -0.15) is 0 Å². The minimum Gasteiger partial charge on any atom is -0.496 e. The Hall–Kier alpha value is -1.80. The van der Waals surface area contributed by atoms with Crippen LogP contribution in [0.3, 0.4) is 0 Å². The SMILES string of the molecule is CC[C@H]1SC2=NC(C)=C(C(=O)OC)[C@H](c3cc(Br)ccc3OC)N2C1=O. The molecule has 0 unspecified atom stereocenters. The molecule has 1 saturated heterocycles. The van der Waals surface area contributed by atoms with Gasteiger partial charge >= 0.3 is 5.97 Å². The van der Waals surface area contributed by atoms with Gasteiger partial charge in [0.05, 0.1) is 30.7 Å². The Balaban J connectivity index is 2.24. The van der Waals surface area contributed by atoms with Gasteiger partial charge < -0.3 is 9.47 Å². The van der Waals surface area contributed by atoms with Crippen molar-refractivity contribution < 1.29 is 19.1 Å². The maximum atomic E-state index is 13.0. The summed E-state index contributed by atoms with van der Waals surface area (Å²) in [6, 6.07) is 4.88.